The third-order valence-electron chi connectivity index (χ3n) is 3.67. The van der Waals surface area contributed by atoms with Crippen LogP contribution in [0.4, 0.5) is 11.4 Å². The third-order valence-corrected chi connectivity index (χ3v) is 5.07. The first-order chi connectivity index (χ1) is 10.0. The monoisotopic (exact) mass is 328 g/mol. The summed E-state index contributed by atoms with van der Waals surface area (Å²) in [5, 5.41) is 4.54. The zero-order valence-electron chi connectivity index (χ0n) is 12.3. The summed E-state index contributed by atoms with van der Waals surface area (Å²) >= 11 is 8.16. The van der Waals surface area contributed by atoms with Gasteiger partial charge in [-0.25, -0.2) is 4.79 Å². The van der Waals surface area contributed by atoms with Crippen LogP contribution in [0, 0.1) is 0 Å². The number of benzene rings is 1. The summed E-state index contributed by atoms with van der Waals surface area (Å²) in [4.78, 5) is 12.1. The Labute approximate surface area is 134 Å². The van der Waals surface area contributed by atoms with Crippen LogP contribution in [0.15, 0.2) is 12.1 Å². The van der Waals surface area contributed by atoms with E-state index in [0.717, 1.165) is 12.8 Å². The van der Waals surface area contributed by atoms with Crippen molar-refractivity contribution in [1.29, 1.82) is 0 Å². The molecule has 0 radical (unpaired) electrons. The topological polar surface area (TPSA) is 64.3 Å². The number of thioether (sulfide) groups is 1. The van der Waals surface area contributed by atoms with Gasteiger partial charge in [0.2, 0.25) is 0 Å². The van der Waals surface area contributed by atoms with Gasteiger partial charge in [-0.05, 0) is 44.6 Å². The second kappa shape index (κ2) is 7.27. The molecule has 0 amide bonds. The third kappa shape index (κ3) is 3.98. The van der Waals surface area contributed by atoms with E-state index in [1.807, 2.05) is 11.8 Å². The lowest BCUT2D eigenvalue weighted by Crippen LogP contribution is -2.19. The lowest BCUT2D eigenvalue weighted by molar-refractivity contribution is 0.0527. The van der Waals surface area contributed by atoms with E-state index in [2.05, 4.69) is 11.6 Å². The number of anilines is 2. The molecule has 4 nitrogen and oxygen atoms in total. The molecule has 2 unspecified atom stereocenters. The molecule has 0 spiro atoms. The second-order valence-corrected chi connectivity index (χ2v) is 6.70. The van der Waals surface area contributed by atoms with Gasteiger partial charge in [-0.3, -0.25) is 0 Å². The minimum atomic E-state index is -0.395. The van der Waals surface area contributed by atoms with Crippen molar-refractivity contribution in [2.24, 2.45) is 0 Å². The minimum absolute atomic E-state index is 0.322. The molecule has 0 aliphatic heterocycles. The average Bonchev–Trinajstić information content (AvgIpc) is 2.89. The van der Waals surface area contributed by atoms with Crippen LogP contribution in [-0.2, 0) is 4.74 Å². The number of halogens is 1. The van der Waals surface area contributed by atoms with E-state index in [4.69, 9.17) is 22.1 Å². The molecule has 2 rings (SSSR count). The number of esters is 1. The van der Waals surface area contributed by atoms with Gasteiger partial charge in [0, 0.05) is 17.0 Å². The molecule has 1 aromatic rings. The minimum Gasteiger partial charge on any atom is -0.462 e. The molecule has 1 aliphatic carbocycles. The van der Waals surface area contributed by atoms with Crippen LogP contribution < -0.4 is 11.1 Å². The summed E-state index contributed by atoms with van der Waals surface area (Å²) in [6, 6.07) is 3.61. The fourth-order valence-electron chi connectivity index (χ4n) is 2.63. The molecule has 21 heavy (non-hydrogen) atoms. The van der Waals surface area contributed by atoms with Crippen molar-refractivity contribution in [3.63, 3.8) is 0 Å². The summed E-state index contributed by atoms with van der Waals surface area (Å²) in [5.41, 5.74) is 7.30. The maximum Gasteiger partial charge on any atom is 0.340 e. The summed E-state index contributed by atoms with van der Waals surface area (Å²) in [6.45, 7) is 2.10. The van der Waals surface area contributed by atoms with Crippen LogP contribution in [0.1, 0.15) is 36.5 Å². The highest BCUT2D eigenvalue weighted by Gasteiger charge is 2.26. The SMILES string of the molecule is CCOC(=O)c1cc(N)cc(Cl)c1NC1CCC(SC)C1. The molecule has 0 bridgehead atoms. The highest BCUT2D eigenvalue weighted by molar-refractivity contribution is 7.99. The maximum atomic E-state index is 12.1. The van der Waals surface area contributed by atoms with Crippen LogP contribution in [0.25, 0.3) is 0 Å². The molecule has 1 aromatic carbocycles. The zero-order valence-corrected chi connectivity index (χ0v) is 13.9. The number of rotatable bonds is 5. The van der Waals surface area contributed by atoms with Crippen LogP contribution in [0.3, 0.4) is 0 Å². The van der Waals surface area contributed by atoms with Gasteiger partial charge in [-0.2, -0.15) is 11.8 Å². The average molecular weight is 329 g/mol. The van der Waals surface area contributed by atoms with Gasteiger partial charge in [-0.15, -0.1) is 0 Å². The lowest BCUT2D eigenvalue weighted by Gasteiger charge is -2.19. The Morgan fingerprint density at radius 2 is 2.29 bits per heavy atom. The molecule has 0 saturated heterocycles. The fraction of sp³-hybridized carbons (Fsp3) is 0.533. The highest BCUT2D eigenvalue weighted by Crippen LogP contribution is 2.35. The van der Waals surface area contributed by atoms with Crippen LogP contribution in [-0.4, -0.2) is 30.1 Å². The molecule has 1 saturated carbocycles. The van der Waals surface area contributed by atoms with E-state index in [0.29, 0.717) is 39.9 Å². The van der Waals surface area contributed by atoms with Crippen LogP contribution >= 0.6 is 23.4 Å². The molecule has 2 atom stereocenters. The van der Waals surface area contributed by atoms with Crippen molar-refractivity contribution in [2.75, 3.05) is 23.9 Å². The molecule has 1 fully saturated rings. The Balaban J connectivity index is 2.23. The van der Waals surface area contributed by atoms with Crippen molar-refractivity contribution in [1.82, 2.24) is 0 Å². The molecule has 116 valence electrons. The first kappa shape index (κ1) is 16.3. The van der Waals surface area contributed by atoms with Gasteiger partial charge in [-0.1, -0.05) is 11.6 Å². The van der Waals surface area contributed by atoms with Gasteiger partial charge in [0.05, 0.1) is 22.9 Å². The number of nitrogens with one attached hydrogen (secondary N) is 1. The first-order valence-electron chi connectivity index (χ1n) is 7.10. The Morgan fingerprint density at radius 1 is 1.52 bits per heavy atom. The number of carbonyl (C=O) groups excluding carboxylic acids is 1. The van der Waals surface area contributed by atoms with Crippen molar-refractivity contribution < 1.29 is 9.53 Å². The molecule has 0 aromatic heterocycles. The normalized spacial score (nSPS) is 21.3. The van der Waals surface area contributed by atoms with E-state index in [1.54, 1.807) is 19.1 Å². The maximum absolute atomic E-state index is 12.1. The van der Waals surface area contributed by atoms with E-state index >= 15 is 0 Å². The van der Waals surface area contributed by atoms with Crippen molar-refractivity contribution in [3.05, 3.63) is 22.7 Å². The van der Waals surface area contributed by atoms with E-state index in [1.165, 1.54) is 6.42 Å². The summed E-state index contributed by atoms with van der Waals surface area (Å²) in [6.07, 6.45) is 5.46. The largest absolute Gasteiger partial charge is 0.462 e. The zero-order chi connectivity index (χ0) is 15.4. The fourth-order valence-corrected chi connectivity index (χ4v) is 3.71. The Hall–Kier alpha value is -1.07. The molecule has 6 heteroatoms. The molecular weight excluding hydrogens is 308 g/mol. The van der Waals surface area contributed by atoms with E-state index < -0.39 is 5.97 Å². The number of hydrogen-bond acceptors (Lipinski definition) is 5. The van der Waals surface area contributed by atoms with E-state index in [9.17, 15) is 4.79 Å². The summed E-state index contributed by atoms with van der Waals surface area (Å²) in [7, 11) is 0. The van der Waals surface area contributed by atoms with Crippen LogP contribution in [0.2, 0.25) is 5.02 Å². The van der Waals surface area contributed by atoms with Crippen molar-refractivity contribution >= 4 is 40.7 Å². The number of carbonyl (C=O) groups is 1. The smallest absolute Gasteiger partial charge is 0.340 e. The second-order valence-electron chi connectivity index (χ2n) is 5.16. The van der Waals surface area contributed by atoms with E-state index in [-0.39, 0.29) is 0 Å². The predicted octanol–water partition coefficient (Wildman–Crippen LogP) is 3.79. The highest BCUT2D eigenvalue weighted by atomic mass is 35.5. The Kier molecular flexibility index (Phi) is 5.65. The van der Waals surface area contributed by atoms with Gasteiger partial charge in [0.1, 0.15) is 0 Å². The Morgan fingerprint density at radius 3 is 2.90 bits per heavy atom. The summed E-state index contributed by atoms with van der Waals surface area (Å²) in [5.74, 6) is -0.395. The van der Waals surface area contributed by atoms with Gasteiger partial charge in [0.25, 0.3) is 0 Å². The number of ether oxygens (including phenoxy) is 1. The predicted molar refractivity (Wildman–Crippen MR) is 90.4 cm³/mol. The lowest BCUT2D eigenvalue weighted by atomic mass is 10.1. The van der Waals surface area contributed by atoms with Gasteiger partial charge >= 0.3 is 5.97 Å². The number of hydrogen-bond donors (Lipinski definition) is 2. The molecular formula is C15H21ClN2O2S. The van der Waals surface area contributed by atoms with Crippen LogP contribution in [0.5, 0.6) is 0 Å². The molecule has 1 aliphatic rings. The Bertz CT molecular complexity index is 525. The van der Waals surface area contributed by atoms with Crippen molar-refractivity contribution in [3.8, 4) is 0 Å². The van der Waals surface area contributed by atoms with Gasteiger partial charge < -0.3 is 15.8 Å². The van der Waals surface area contributed by atoms with Crippen molar-refractivity contribution in [2.45, 2.75) is 37.5 Å². The standard InChI is InChI=1S/C15H21ClN2O2S/c1-3-20-15(19)12-6-9(17)7-13(16)14(12)18-10-4-5-11(8-10)21-2/h6-7,10-11,18H,3-5,8,17H2,1-2H3. The quantitative estimate of drug-likeness (QED) is 0.636. The van der Waals surface area contributed by atoms with Gasteiger partial charge in [0.15, 0.2) is 0 Å². The number of nitrogens with two attached hydrogens (primary N) is 1. The first-order valence-corrected chi connectivity index (χ1v) is 8.77. The summed E-state index contributed by atoms with van der Waals surface area (Å²) < 4.78 is 5.09. The molecule has 0 heterocycles. The molecule has 3 N–H and O–H groups in total. The number of nitrogen functional groups attached to an aromatic ring is 1.